The molecule has 0 spiro atoms. The molecule has 1 saturated heterocycles. The second-order valence-electron chi connectivity index (χ2n) is 6.19. The fourth-order valence-corrected chi connectivity index (χ4v) is 2.56. The number of rotatable bonds is 8. The molecule has 152 valence electrons. The van der Waals surface area contributed by atoms with Crippen LogP contribution in [-0.2, 0) is 19.1 Å². The van der Waals surface area contributed by atoms with Gasteiger partial charge in [0.1, 0.15) is 6.54 Å². The quantitative estimate of drug-likeness (QED) is 0.182. The zero-order chi connectivity index (χ0) is 18.7. The average molecular weight is 484 g/mol. The summed E-state index contributed by atoms with van der Waals surface area (Å²) >= 11 is 0. The Bertz CT molecular complexity index is 452. The van der Waals surface area contributed by atoms with E-state index in [0.717, 1.165) is 31.8 Å². The van der Waals surface area contributed by atoms with Crippen molar-refractivity contribution < 1.29 is 19.1 Å². The molecule has 1 amide bonds. The molecule has 8 nitrogen and oxygen atoms in total. The molecule has 0 saturated carbocycles. The molecule has 26 heavy (non-hydrogen) atoms. The zero-order valence-electron chi connectivity index (χ0n) is 16.3. The van der Waals surface area contributed by atoms with Gasteiger partial charge < -0.3 is 24.6 Å². The Kier molecular flexibility index (Phi) is 13.4. The van der Waals surface area contributed by atoms with Crippen molar-refractivity contribution in [2.75, 3.05) is 60.6 Å². The molecule has 0 bridgehead atoms. The first-order valence-corrected chi connectivity index (χ1v) is 8.88. The number of halogens is 1. The maximum absolute atomic E-state index is 11.8. The van der Waals surface area contributed by atoms with E-state index in [2.05, 4.69) is 15.2 Å². The van der Waals surface area contributed by atoms with E-state index in [-0.39, 0.29) is 48.3 Å². The van der Waals surface area contributed by atoms with Crippen LogP contribution in [0.15, 0.2) is 4.99 Å². The van der Waals surface area contributed by atoms with Crippen molar-refractivity contribution in [2.24, 2.45) is 10.9 Å². The molecule has 0 aromatic rings. The lowest BCUT2D eigenvalue weighted by atomic mass is 9.97. The number of nitrogens with one attached hydrogen (secondary N) is 1. The first-order valence-electron chi connectivity index (χ1n) is 8.88. The molecule has 1 aliphatic heterocycles. The number of esters is 1. The lowest BCUT2D eigenvalue weighted by molar-refractivity contribution is -0.146. The minimum Gasteiger partial charge on any atom is -0.469 e. The molecule has 1 N–H and O–H groups in total. The summed E-state index contributed by atoms with van der Waals surface area (Å²) < 4.78 is 10.2. The van der Waals surface area contributed by atoms with E-state index in [1.54, 1.807) is 14.1 Å². The van der Waals surface area contributed by atoms with Gasteiger partial charge in [-0.2, -0.15) is 0 Å². The van der Waals surface area contributed by atoms with Gasteiger partial charge in [-0.3, -0.25) is 9.59 Å². The standard InChI is InChI=1S/C17H32N4O4.HI/c1-5-25-12-6-9-18-17(19-13-15(22)20(2)3)21-10-7-14(8-11-21)16(23)24-4;/h14H,5-13H2,1-4H3,(H,18,19);1H. The van der Waals surface area contributed by atoms with Gasteiger partial charge in [-0.15, -0.1) is 24.0 Å². The third-order valence-corrected chi connectivity index (χ3v) is 4.14. The van der Waals surface area contributed by atoms with Crippen molar-refractivity contribution in [3.05, 3.63) is 0 Å². The molecule has 9 heteroatoms. The maximum atomic E-state index is 11.8. The number of guanidine groups is 1. The predicted octanol–water partition coefficient (Wildman–Crippen LogP) is 0.950. The second kappa shape index (κ2) is 14.0. The van der Waals surface area contributed by atoms with E-state index in [1.165, 1.54) is 12.0 Å². The summed E-state index contributed by atoms with van der Waals surface area (Å²) in [5, 5.41) is 3.31. The largest absolute Gasteiger partial charge is 0.469 e. The van der Waals surface area contributed by atoms with Crippen molar-refractivity contribution in [1.82, 2.24) is 15.1 Å². The zero-order valence-corrected chi connectivity index (χ0v) is 18.7. The fourth-order valence-electron chi connectivity index (χ4n) is 2.56. The third-order valence-electron chi connectivity index (χ3n) is 4.14. The molecule has 0 aliphatic carbocycles. The molecule has 0 unspecified atom stereocenters. The number of likely N-dealkylation sites (N-methyl/N-ethyl adjacent to an activating group) is 1. The number of likely N-dealkylation sites (tertiary alicyclic amines) is 1. The summed E-state index contributed by atoms with van der Waals surface area (Å²) in [6.07, 6.45) is 2.33. The van der Waals surface area contributed by atoms with Crippen LogP contribution in [0.3, 0.4) is 0 Å². The van der Waals surface area contributed by atoms with Gasteiger partial charge in [0.25, 0.3) is 0 Å². The van der Waals surface area contributed by atoms with Crippen LogP contribution >= 0.6 is 24.0 Å². The topological polar surface area (TPSA) is 83.5 Å². The molecule has 1 fully saturated rings. The highest BCUT2D eigenvalue weighted by atomic mass is 127. The van der Waals surface area contributed by atoms with Crippen molar-refractivity contribution in [1.29, 1.82) is 0 Å². The summed E-state index contributed by atoms with van der Waals surface area (Å²) in [7, 11) is 4.86. The molecule has 1 aliphatic rings. The Labute approximate surface area is 173 Å². The van der Waals surface area contributed by atoms with Gasteiger partial charge >= 0.3 is 5.97 Å². The average Bonchev–Trinajstić information content (AvgIpc) is 2.63. The fraction of sp³-hybridized carbons (Fsp3) is 0.824. The number of carbonyl (C=O) groups is 2. The number of piperidine rings is 1. The summed E-state index contributed by atoms with van der Waals surface area (Å²) in [5.41, 5.74) is 0. The lowest BCUT2D eigenvalue weighted by Crippen LogP contribution is -2.47. The van der Waals surface area contributed by atoms with Gasteiger partial charge in [0.05, 0.1) is 13.0 Å². The monoisotopic (exact) mass is 484 g/mol. The molecule has 1 rings (SSSR count). The van der Waals surface area contributed by atoms with Crippen molar-refractivity contribution in [3.63, 3.8) is 0 Å². The molecular formula is C17H33IN4O4. The van der Waals surface area contributed by atoms with Gasteiger partial charge in [-0.05, 0) is 26.2 Å². The summed E-state index contributed by atoms with van der Waals surface area (Å²) in [5.74, 6) is 0.475. The van der Waals surface area contributed by atoms with Gasteiger partial charge in [0.2, 0.25) is 5.91 Å². The number of carbonyl (C=O) groups excluding carboxylic acids is 2. The number of aliphatic imine (C=N–C) groups is 1. The Hall–Kier alpha value is -1.10. The first kappa shape index (κ1) is 24.9. The van der Waals surface area contributed by atoms with E-state index in [4.69, 9.17) is 9.47 Å². The highest BCUT2D eigenvalue weighted by molar-refractivity contribution is 14.0. The van der Waals surface area contributed by atoms with Crippen LogP contribution in [0.1, 0.15) is 26.2 Å². The molecule has 0 aromatic carbocycles. The molecule has 1 heterocycles. The minimum atomic E-state index is -0.148. The predicted molar refractivity (Wildman–Crippen MR) is 112 cm³/mol. The third kappa shape index (κ3) is 9.02. The lowest BCUT2D eigenvalue weighted by Gasteiger charge is -2.33. The van der Waals surface area contributed by atoms with Crippen LogP contribution in [-0.4, -0.2) is 88.2 Å². The molecule has 0 aromatic heterocycles. The summed E-state index contributed by atoms with van der Waals surface area (Å²) in [4.78, 5) is 31.6. The van der Waals surface area contributed by atoms with Gasteiger partial charge in [0.15, 0.2) is 5.96 Å². The van der Waals surface area contributed by atoms with E-state index in [1.807, 2.05) is 6.92 Å². The van der Waals surface area contributed by atoms with E-state index in [9.17, 15) is 9.59 Å². The summed E-state index contributed by atoms with van der Waals surface area (Å²) in [6.45, 7) is 5.64. The number of hydrogen-bond acceptors (Lipinski definition) is 5. The SMILES string of the molecule is CCOCCCNC(=NCC(=O)N(C)C)N1CCC(C(=O)OC)CC1.I. The highest BCUT2D eigenvalue weighted by Gasteiger charge is 2.27. The molecule has 0 radical (unpaired) electrons. The van der Waals surface area contributed by atoms with Crippen molar-refractivity contribution in [2.45, 2.75) is 26.2 Å². The van der Waals surface area contributed by atoms with Crippen LogP contribution in [0.5, 0.6) is 0 Å². The minimum absolute atomic E-state index is 0. The maximum Gasteiger partial charge on any atom is 0.308 e. The summed E-state index contributed by atoms with van der Waals surface area (Å²) in [6, 6.07) is 0. The smallest absolute Gasteiger partial charge is 0.308 e. The number of hydrogen-bond donors (Lipinski definition) is 1. The van der Waals surface area contributed by atoms with Crippen LogP contribution < -0.4 is 5.32 Å². The van der Waals surface area contributed by atoms with Crippen LogP contribution in [0, 0.1) is 5.92 Å². The number of amides is 1. The Morgan fingerprint density at radius 2 is 1.92 bits per heavy atom. The van der Waals surface area contributed by atoms with Crippen molar-refractivity contribution in [3.8, 4) is 0 Å². The van der Waals surface area contributed by atoms with Gasteiger partial charge in [0, 0.05) is 46.9 Å². The van der Waals surface area contributed by atoms with Crippen LogP contribution in [0.25, 0.3) is 0 Å². The second-order valence-corrected chi connectivity index (χ2v) is 6.19. The Balaban J connectivity index is 0.00000625. The molecule has 0 atom stereocenters. The van der Waals surface area contributed by atoms with Gasteiger partial charge in [-0.25, -0.2) is 4.99 Å². The number of methoxy groups -OCH3 is 1. The van der Waals surface area contributed by atoms with Crippen LogP contribution in [0.4, 0.5) is 0 Å². The van der Waals surface area contributed by atoms with Crippen molar-refractivity contribution >= 4 is 41.8 Å². The van der Waals surface area contributed by atoms with Crippen LogP contribution in [0.2, 0.25) is 0 Å². The normalized spacial score (nSPS) is 15.2. The van der Waals surface area contributed by atoms with Gasteiger partial charge in [-0.1, -0.05) is 0 Å². The van der Waals surface area contributed by atoms with E-state index < -0.39 is 0 Å². The van der Waals surface area contributed by atoms with E-state index in [0.29, 0.717) is 26.3 Å². The Morgan fingerprint density at radius 3 is 2.46 bits per heavy atom. The highest BCUT2D eigenvalue weighted by Crippen LogP contribution is 2.18. The van der Waals surface area contributed by atoms with E-state index >= 15 is 0 Å². The molecular weight excluding hydrogens is 451 g/mol. The number of nitrogens with zero attached hydrogens (tertiary/aromatic N) is 3. The first-order chi connectivity index (χ1) is 12.0. The Morgan fingerprint density at radius 1 is 1.27 bits per heavy atom. The number of ether oxygens (including phenoxy) is 2.